The molecule has 0 aliphatic heterocycles. The molecule has 24 heavy (non-hydrogen) atoms. The zero-order valence-electron chi connectivity index (χ0n) is 13.9. The first-order chi connectivity index (χ1) is 11.8. The third kappa shape index (κ3) is 2.74. The van der Waals surface area contributed by atoms with Gasteiger partial charge in [0.1, 0.15) is 0 Å². The molecule has 0 saturated carbocycles. The molecule has 0 aliphatic carbocycles. The molecule has 118 valence electrons. The first kappa shape index (κ1) is 14.8. The van der Waals surface area contributed by atoms with E-state index >= 15 is 0 Å². The summed E-state index contributed by atoms with van der Waals surface area (Å²) in [6, 6.07) is 30.3. The molecular formula is C23H21N. The van der Waals surface area contributed by atoms with Crippen LogP contribution in [-0.4, -0.2) is 4.57 Å². The SMILES string of the molecule is Cn1cc(CC(c2ccccc2)c2ccccc2)c2ccccc21. The van der Waals surface area contributed by atoms with Gasteiger partial charge >= 0.3 is 0 Å². The zero-order chi connectivity index (χ0) is 16.4. The molecule has 4 aromatic rings. The Balaban J connectivity index is 1.80. The fraction of sp³-hybridized carbons (Fsp3) is 0.130. The van der Waals surface area contributed by atoms with Crippen molar-refractivity contribution in [1.82, 2.24) is 4.57 Å². The van der Waals surface area contributed by atoms with E-state index in [1.165, 1.54) is 27.6 Å². The molecule has 0 fully saturated rings. The number of hydrogen-bond acceptors (Lipinski definition) is 0. The molecule has 4 rings (SSSR count). The number of aryl methyl sites for hydroxylation is 1. The normalized spacial score (nSPS) is 11.2. The minimum absolute atomic E-state index is 0.373. The Hall–Kier alpha value is -2.80. The van der Waals surface area contributed by atoms with Gasteiger partial charge in [-0.05, 0) is 29.2 Å². The largest absolute Gasteiger partial charge is 0.350 e. The van der Waals surface area contributed by atoms with E-state index in [1.54, 1.807) is 0 Å². The lowest BCUT2D eigenvalue weighted by Crippen LogP contribution is -2.04. The van der Waals surface area contributed by atoms with Crippen molar-refractivity contribution in [1.29, 1.82) is 0 Å². The van der Waals surface area contributed by atoms with E-state index in [2.05, 4.69) is 103 Å². The van der Waals surface area contributed by atoms with Crippen molar-refractivity contribution in [2.45, 2.75) is 12.3 Å². The Morgan fingerprint density at radius 3 is 1.88 bits per heavy atom. The minimum Gasteiger partial charge on any atom is -0.350 e. The van der Waals surface area contributed by atoms with Crippen LogP contribution in [0.2, 0.25) is 0 Å². The highest BCUT2D eigenvalue weighted by atomic mass is 14.9. The lowest BCUT2D eigenvalue weighted by Gasteiger charge is -2.18. The molecule has 0 N–H and O–H groups in total. The summed E-state index contributed by atoms with van der Waals surface area (Å²) >= 11 is 0. The van der Waals surface area contributed by atoms with Gasteiger partial charge in [-0.3, -0.25) is 0 Å². The maximum atomic E-state index is 2.28. The van der Waals surface area contributed by atoms with E-state index in [0.717, 1.165) is 6.42 Å². The average Bonchev–Trinajstić information content (AvgIpc) is 2.97. The van der Waals surface area contributed by atoms with Gasteiger partial charge in [0.05, 0.1) is 0 Å². The number of aromatic nitrogens is 1. The fourth-order valence-electron chi connectivity index (χ4n) is 3.61. The van der Waals surface area contributed by atoms with Crippen molar-refractivity contribution in [2.24, 2.45) is 7.05 Å². The number of fused-ring (bicyclic) bond motifs is 1. The number of hydrogen-bond donors (Lipinski definition) is 0. The highest BCUT2D eigenvalue weighted by Gasteiger charge is 2.17. The van der Waals surface area contributed by atoms with E-state index in [4.69, 9.17) is 0 Å². The Bertz CT molecular complexity index is 896. The predicted molar refractivity (Wildman–Crippen MR) is 101 cm³/mol. The van der Waals surface area contributed by atoms with Crippen molar-refractivity contribution in [3.05, 3.63) is 108 Å². The summed E-state index contributed by atoms with van der Waals surface area (Å²) in [5.74, 6) is 0.373. The van der Waals surface area contributed by atoms with Gasteiger partial charge in [0, 0.05) is 30.1 Å². The van der Waals surface area contributed by atoms with Crippen LogP contribution < -0.4 is 0 Å². The van der Waals surface area contributed by atoms with E-state index in [-0.39, 0.29) is 0 Å². The lowest BCUT2D eigenvalue weighted by atomic mass is 9.86. The van der Waals surface area contributed by atoms with Crippen molar-refractivity contribution in [3.8, 4) is 0 Å². The van der Waals surface area contributed by atoms with Crippen molar-refractivity contribution < 1.29 is 0 Å². The highest BCUT2D eigenvalue weighted by molar-refractivity contribution is 5.84. The van der Waals surface area contributed by atoms with Gasteiger partial charge in [-0.15, -0.1) is 0 Å². The van der Waals surface area contributed by atoms with Crippen LogP contribution >= 0.6 is 0 Å². The number of nitrogens with zero attached hydrogens (tertiary/aromatic N) is 1. The maximum Gasteiger partial charge on any atom is 0.0480 e. The summed E-state index contributed by atoms with van der Waals surface area (Å²) in [6.45, 7) is 0. The maximum absolute atomic E-state index is 2.28. The van der Waals surface area contributed by atoms with Gasteiger partial charge in [-0.2, -0.15) is 0 Å². The Morgan fingerprint density at radius 1 is 0.708 bits per heavy atom. The van der Waals surface area contributed by atoms with Crippen LogP contribution in [0.4, 0.5) is 0 Å². The summed E-state index contributed by atoms with van der Waals surface area (Å²) in [4.78, 5) is 0. The molecular weight excluding hydrogens is 290 g/mol. The molecule has 1 nitrogen and oxygen atoms in total. The van der Waals surface area contributed by atoms with E-state index in [0.29, 0.717) is 5.92 Å². The summed E-state index contributed by atoms with van der Waals surface area (Å²) in [6.07, 6.45) is 3.29. The van der Waals surface area contributed by atoms with Crippen LogP contribution in [0.15, 0.2) is 91.1 Å². The molecule has 0 aliphatic rings. The zero-order valence-corrected chi connectivity index (χ0v) is 13.9. The van der Waals surface area contributed by atoms with Crippen molar-refractivity contribution in [3.63, 3.8) is 0 Å². The molecule has 1 aromatic heterocycles. The van der Waals surface area contributed by atoms with Crippen LogP contribution in [-0.2, 0) is 13.5 Å². The van der Waals surface area contributed by atoms with Crippen LogP contribution in [0.3, 0.4) is 0 Å². The predicted octanol–water partition coefficient (Wildman–Crippen LogP) is 5.55. The lowest BCUT2D eigenvalue weighted by molar-refractivity contribution is 0.804. The highest BCUT2D eigenvalue weighted by Crippen LogP contribution is 2.31. The molecule has 1 heteroatoms. The quantitative estimate of drug-likeness (QED) is 0.465. The van der Waals surface area contributed by atoms with Crippen LogP contribution in [0.1, 0.15) is 22.6 Å². The molecule has 0 unspecified atom stereocenters. The third-order valence-corrected chi connectivity index (χ3v) is 4.81. The molecule has 0 atom stereocenters. The van der Waals surface area contributed by atoms with Gasteiger partial charge in [0.15, 0.2) is 0 Å². The standard InChI is InChI=1S/C23H21N/c1-24-17-20(21-14-8-9-15-23(21)24)16-22(18-10-4-2-5-11-18)19-12-6-3-7-13-19/h2-15,17,22H,16H2,1H3. The van der Waals surface area contributed by atoms with Gasteiger partial charge < -0.3 is 4.57 Å². The number of rotatable bonds is 4. The first-order valence-electron chi connectivity index (χ1n) is 8.46. The van der Waals surface area contributed by atoms with E-state index in [9.17, 15) is 0 Å². The van der Waals surface area contributed by atoms with Crippen LogP contribution in [0.5, 0.6) is 0 Å². The third-order valence-electron chi connectivity index (χ3n) is 4.81. The molecule has 0 bridgehead atoms. The summed E-state index contributed by atoms with van der Waals surface area (Å²) in [5.41, 5.74) is 5.45. The van der Waals surface area contributed by atoms with Crippen molar-refractivity contribution in [2.75, 3.05) is 0 Å². The van der Waals surface area contributed by atoms with Gasteiger partial charge in [0.2, 0.25) is 0 Å². The monoisotopic (exact) mass is 311 g/mol. The molecule has 1 heterocycles. The second-order valence-electron chi connectivity index (χ2n) is 6.36. The minimum atomic E-state index is 0.373. The molecule has 0 amide bonds. The molecule has 0 spiro atoms. The molecule has 0 radical (unpaired) electrons. The number of para-hydroxylation sites is 1. The van der Waals surface area contributed by atoms with E-state index in [1.807, 2.05) is 0 Å². The van der Waals surface area contributed by atoms with Gasteiger partial charge in [-0.25, -0.2) is 0 Å². The fourth-order valence-corrected chi connectivity index (χ4v) is 3.61. The molecule has 3 aromatic carbocycles. The Kier molecular flexibility index (Phi) is 3.92. The topological polar surface area (TPSA) is 4.93 Å². The first-order valence-corrected chi connectivity index (χ1v) is 8.46. The Labute approximate surface area is 143 Å². The Morgan fingerprint density at radius 2 is 1.25 bits per heavy atom. The van der Waals surface area contributed by atoms with Crippen LogP contribution in [0.25, 0.3) is 10.9 Å². The molecule has 0 saturated heterocycles. The summed E-state index contributed by atoms with van der Waals surface area (Å²) < 4.78 is 2.23. The van der Waals surface area contributed by atoms with Crippen molar-refractivity contribution >= 4 is 10.9 Å². The van der Waals surface area contributed by atoms with E-state index < -0.39 is 0 Å². The second kappa shape index (κ2) is 6.37. The van der Waals surface area contributed by atoms with Gasteiger partial charge in [-0.1, -0.05) is 78.9 Å². The average molecular weight is 311 g/mol. The van der Waals surface area contributed by atoms with Gasteiger partial charge in [0.25, 0.3) is 0 Å². The summed E-state index contributed by atoms with van der Waals surface area (Å²) in [5, 5.41) is 1.36. The second-order valence-corrected chi connectivity index (χ2v) is 6.36. The smallest absolute Gasteiger partial charge is 0.0480 e. The summed E-state index contributed by atoms with van der Waals surface area (Å²) in [7, 11) is 2.13. The number of benzene rings is 3. The van der Waals surface area contributed by atoms with Crippen LogP contribution in [0, 0.1) is 0 Å².